The summed E-state index contributed by atoms with van der Waals surface area (Å²) in [6.45, 7) is 1.91. The molecule has 0 saturated heterocycles. The van der Waals surface area contributed by atoms with Crippen LogP contribution in [0.4, 0.5) is 0 Å². The first-order valence-electron chi connectivity index (χ1n) is 4.08. The Hall–Kier alpha value is -0.940. The van der Waals surface area contributed by atoms with Gasteiger partial charge in [0.25, 0.3) is 0 Å². The van der Waals surface area contributed by atoms with Gasteiger partial charge in [0.1, 0.15) is 5.82 Å². The monoisotopic (exact) mass is 269 g/mol. The normalized spacial score (nSPS) is 10.4. The Labute approximate surface area is 94.9 Å². The van der Waals surface area contributed by atoms with Crippen molar-refractivity contribution in [2.45, 2.75) is 6.92 Å². The average Bonchev–Trinajstić information content (AvgIpc) is 2.49. The molecule has 1 aromatic heterocycles. The number of aromatic nitrogens is 3. The Morgan fingerprint density at radius 2 is 2.00 bits per heavy atom. The number of aryl methyl sites for hydroxylation is 1. The molecule has 0 aliphatic carbocycles. The maximum Gasteiger partial charge on any atom is 0.199 e. The van der Waals surface area contributed by atoms with Crippen molar-refractivity contribution in [2.24, 2.45) is 0 Å². The van der Waals surface area contributed by atoms with Crippen LogP contribution in [0.2, 0.25) is 0 Å². The highest BCUT2D eigenvalue weighted by Gasteiger charge is 2.02. The summed E-state index contributed by atoms with van der Waals surface area (Å²) in [4.78, 5) is 0. The van der Waals surface area contributed by atoms with Crippen LogP contribution < -0.4 is 0 Å². The first-order chi connectivity index (χ1) is 6.68. The maximum atomic E-state index is 5.12. The maximum absolute atomic E-state index is 5.12. The van der Waals surface area contributed by atoms with Crippen molar-refractivity contribution in [3.05, 3.63) is 39.3 Å². The second-order valence-corrected chi connectivity index (χ2v) is 4.19. The summed E-state index contributed by atoms with van der Waals surface area (Å²) in [6.07, 6.45) is 0. The Bertz CT molecular complexity index is 498. The molecule has 14 heavy (non-hydrogen) atoms. The first kappa shape index (κ1) is 9.61. The summed E-state index contributed by atoms with van der Waals surface area (Å²) in [5.74, 6) is 0.859. The lowest BCUT2D eigenvalue weighted by molar-refractivity contribution is 0.963. The van der Waals surface area contributed by atoms with E-state index in [0.29, 0.717) is 4.77 Å². The topological polar surface area (TPSA) is 33.6 Å². The quantitative estimate of drug-likeness (QED) is 0.808. The van der Waals surface area contributed by atoms with Crippen LogP contribution in [-0.2, 0) is 0 Å². The average molecular weight is 270 g/mol. The van der Waals surface area contributed by atoms with E-state index in [9.17, 15) is 0 Å². The molecule has 0 saturated carbocycles. The zero-order valence-electron chi connectivity index (χ0n) is 7.49. The molecule has 0 bridgehead atoms. The minimum atomic E-state index is 0.616. The predicted molar refractivity (Wildman–Crippen MR) is 61.2 cm³/mol. The van der Waals surface area contributed by atoms with E-state index >= 15 is 0 Å². The van der Waals surface area contributed by atoms with E-state index in [-0.39, 0.29) is 0 Å². The van der Waals surface area contributed by atoms with Crippen LogP contribution in [-0.4, -0.2) is 14.8 Å². The fourth-order valence-corrected chi connectivity index (χ4v) is 1.82. The van der Waals surface area contributed by atoms with Gasteiger partial charge in [-0.15, -0.1) is 0 Å². The molecule has 0 atom stereocenters. The van der Waals surface area contributed by atoms with Crippen LogP contribution in [0, 0.1) is 11.7 Å². The number of halogens is 1. The van der Waals surface area contributed by atoms with Crippen LogP contribution in [0.3, 0.4) is 0 Å². The SMILES string of the molecule is Cc1n[nH]c(=S)n1-c1ccc(Br)cc1. The van der Waals surface area contributed by atoms with Gasteiger partial charge in [0.05, 0.1) is 0 Å². The second kappa shape index (κ2) is 3.67. The van der Waals surface area contributed by atoms with E-state index in [0.717, 1.165) is 16.0 Å². The fourth-order valence-electron chi connectivity index (χ4n) is 1.27. The summed E-state index contributed by atoms with van der Waals surface area (Å²) in [5.41, 5.74) is 1.02. The van der Waals surface area contributed by atoms with E-state index in [4.69, 9.17) is 12.2 Å². The number of benzene rings is 1. The van der Waals surface area contributed by atoms with Crippen molar-refractivity contribution in [3.8, 4) is 5.69 Å². The third-order valence-corrected chi connectivity index (χ3v) is 2.73. The fraction of sp³-hybridized carbons (Fsp3) is 0.111. The van der Waals surface area contributed by atoms with Gasteiger partial charge in [-0.1, -0.05) is 15.9 Å². The molecule has 0 aliphatic rings. The molecular weight excluding hydrogens is 262 g/mol. The highest BCUT2D eigenvalue weighted by molar-refractivity contribution is 9.10. The number of H-pyrrole nitrogens is 1. The van der Waals surface area contributed by atoms with Gasteiger partial charge in [0.2, 0.25) is 0 Å². The molecule has 0 aliphatic heterocycles. The van der Waals surface area contributed by atoms with Crippen molar-refractivity contribution >= 4 is 28.1 Å². The lowest BCUT2D eigenvalue weighted by atomic mass is 10.3. The van der Waals surface area contributed by atoms with Crippen molar-refractivity contribution in [3.63, 3.8) is 0 Å². The largest absolute Gasteiger partial charge is 0.272 e. The van der Waals surface area contributed by atoms with Gasteiger partial charge < -0.3 is 0 Å². The molecule has 1 aromatic carbocycles. The molecule has 2 rings (SSSR count). The molecule has 3 nitrogen and oxygen atoms in total. The van der Waals surface area contributed by atoms with Gasteiger partial charge in [-0.25, -0.2) is 0 Å². The predicted octanol–water partition coefficient (Wildman–Crippen LogP) is 3.00. The van der Waals surface area contributed by atoms with E-state index in [2.05, 4.69) is 26.1 Å². The third kappa shape index (κ3) is 1.65. The first-order valence-corrected chi connectivity index (χ1v) is 5.28. The van der Waals surface area contributed by atoms with Crippen molar-refractivity contribution < 1.29 is 0 Å². The van der Waals surface area contributed by atoms with Gasteiger partial charge >= 0.3 is 0 Å². The van der Waals surface area contributed by atoms with Crippen LogP contribution >= 0.6 is 28.1 Å². The van der Waals surface area contributed by atoms with Crippen molar-refractivity contribution in [1.82, 2.24) is 14.8 Å². The number of nitrogens with one attached hydrogen (secondary N) is 1. The highest BCUT2D eigenvalue weighted by Crippen LogP contribution is 2.15. The lowest BCUT2D eigenvalue weighted by Gasteiger charge is -2.03. The summed E-state index contributed by atoms with van der Waals surface area (Å²) >= 11 is 8.51. The minimum absolute atomic E-state index is 0.616. The van der Waals surface area contributed by atoms with E-state index in [1.54, 1.807) is 0 Å². The third-order valence-electron chi connectivity index (χ3n) is 1.92. The smallest absolute Gasteiger partial charge is 0.199 e. The van der Waals surface area contributed by atoms with Crippen LogP contribution in [0.15, 0.2) is 28.7 Å². The zero-order valence-corrected chi connectivity index (χ0v) is 9.89. The van der Waals surface area contributed by atoms with E-state index < -0.39 is 0 Å². The highest BCUT2D eigenvalue weighted by atomic mass is 79.9. The van der Waals surface area contributed by atoms with Gasteiger partial charge in [0, 0.05) is 10.2 Å². The molecular formula is C9H8BrN3S. The molecule has 0 amide bonds. The number of nitrogens with zero attached hydrogens (tertiary/aromatic N) is 2. The van der Waals surface area contributed by atoms with Crippen LogP contribution in [0.25, 0.3) is 5.69 Å². The van der Waals surface area contributed by atoms with Crippen molar-refractivity contribution in [2.75, 3.05) is 0 Å². The molecule has 72 valence electrons. The molecule has 2 aromatic rings. The molecule has 0 unspecified atom stereocenters. The Kier molecular flexibility index (Phi) is 2.52. The molecule has 5 heteroatoms. The summed E-state index contributed by atoms with van der Waals surface area (Å²) < 4.78 is 3.56. The number of aromatic amines is 1. The number of hydrogen-bond donors (Lipinski definition) is 1. The molecule has 1 heterocycles. The molecule has 0 radical (unpaired) electrons. The van der Waals surface area contributed by atoms with Crippen LogP contribution in [0.1, 0.15) is 5.82 Å². The van der Waals surface area contributed by atoms with Crippen LogP contribution in [0.5, 0.6) is 0 Å². The molecule has 1 N–H and O–H groups in total. The van der Waals surface area contributed by atoms with E-state index in [1.807, 2.05) is 35.8 Å². The number of rotatable bonds is 1. The summed E-state index contributed by atoms with van der Waals surface area (Å²) in [6, 6.07) is 7.93. The Balaban J connectivity index is 2.60. The van der Waals surface area contributed by atoms with Gasteiger partial charge in [-0.05, 0) is 43.4 Å². The Morgan fingerprint density at radius 3 is 2.50 bits per heavy atom. The Morgan fingerprint density at radius 1 is 1.36 bits per heavy atom. The second-order valence-electron chi connectivity index (χ2n) is 2.89. The molecule has 0 spiro atoms. The standard InChI is InChI=1S/C9H8BrN3S/c1-6-11-12-9(14)13(6)8-4-2-7(10)3-5-8/h2-5H,1H3,(H,12,14). The zero-order chi connectivity index (χ0) is 10.1. The summed E-state index contributed by atoms with van der Waals surface area (Å²) in [7, 11) is 0. The van der Waals surface area contributed by atoms with Gasteiger partial charge in [0.15, 0.2) is 4.77 Å². The molecule has 0 fully saturated rings. The van der Waals surface area contributed by atoms with Gasteiger partial charge in [-0.2, -0.15) is 5.10 Å². The lowest BCUT2D eigenvalue weighted by Crippen LogP contribution is -1.96. The van der Waals surface area contributed by atoms with Gasteiger partial charge in [-0.3, -0.25) is 9.67 Å². The van der Waals surface area contributed by atoms with E-state index in [1.165, 1.54) is 0 Å². The van der Waals surface area contributed by atoms with Crippen molar-refractivity contribution in [1.29, 1.82) is 0 Å². The number of hydrogen-bond acceptors (Lipinski definition) is 2. The summed E-state index contributed by atoms with van der Waals surface area (Å²) in [5, 5.41) is 6.80. The minimum Gasteiger partial charge on any atom is -0.272 e.